The molecule has 0 spiro atoms. The van der Waals surface area contributed by atoms with Gasteiger partial charge in [0.1, 0.15) is 0 Å². The van der Waals surface area contributed by atoms with Gasteiger partial charge in [-0.15, -0.1) is 0 Å². The Kier molecular flexibility index (Phi) is 5.34. The summed E-state index contributed by atoms with van der Waals surface area (Å²) in [4.78, 5) is 37.2. The van der Waals surface area contributed by atoms with E-state index in [1.165, 1.54) is 4.68 Å². The van der Waals surface area contributed by atoms with Gasteiger partial charge in [0.2, 0.25) is 12.7 Å². The van der Waals surface area contributed by atoms with Crippen LogP contribution in [0.4, 0.5) is 0 Å². The molecule has 9 heteroatoms. The van der Waals surface area contributed by atoms with Gasteiger partial charge in [-0.2, -0.15) is 5.10 Å². The van der Waals surface area contributed by atoms with Gasteiger partial charge in [0, 0.05) is 18.4 Å². The molecule has 0 bridgehead atoms. The molecule has 0 saturated carbocycles. The number of benzene rings is 2. The molecule has 2 aromatic carbocycles. The van der Waals surface area contributed by atoms with Crippen LogP contribution in [-0.4, -0.2) is 28.4 Å². The largest absolute Gasteiger partial charge is 0.454 e. The molecule has 2 heterocycles. The minimum absolute atomic E-state index is 0.0723. The van der Waals surface area contributed by atoms with E-state index < -0.39 is 5.91 Å². The van der Waals surface area contributed by atoms with Gasteiger partial charge in [-0.1, -0.05) is 24.3 Å². The van der Waals surface area contributed by atoms with Crippen molar-refractivity contribution in [2.75, 3.05) is 6.79 Å². The Morgan fingerprint density at radius 3 is 2.63 bits per heavy atom. The van der Waals surface area contributed by atoms with Crippen LogP contribution in [0.2, 0.25) is 0 Å². The molecule has 0 atom stereocenters. The van der Waals surface area contributed by atoms with Gasteiger partial charge >= 0.3 is 0 Å². The highest BCUT2D eigenvalue weighted by atomic mass is 16.7. The van der Waals surface area contributed by atoms with E-state index in [1.54, 1.807) is 37.3 Å². The summed E-state index contributed by atoms with van der Waals surface area (Å²) in [6.07, 6.45) is 0.642. The Morgan fingerprint density at radius 1 is 1.07 bits per heavy atom. The molecule has 30 heavy (non-hydrogen) atoms. The SMILES string of the molecule is CCn1nc(C(=O)NNC(=O)CCc2ccc3c(c2)OCO3)c2ccccc2c1=O. The monoisotopic (exact) mass is 408 g/mol. The second-order valence-corrected chi connectivity index (χ2v) is 6.71. The smallest absolute Gasteiger partial charge is 0.290 e. The third kappa shape index (κ3) is 3.82. The normalized spacial score (nSPS) is 12.0. The van der Waals surface area contributed by atoms with E-state index in [0.717, 1.165) is 5.56 Å². The predicted molar refractivity (Wildman–Crippen MR) is 108 cm³/mol. The lowest BCUT2D eigenvalue weighted by molar-refractivity contribution is -0.121. The lowest BCUT2D eigenvalue weighted by Crippen LogP contribution is -2.42. The van der Waals surface area contributed by atoms with Crippen molar-refractivity contribution in [3.8, 4) is 11.5 Å². The maximum Gasteiger partial charge on any atom is 0.290 e. The van der Waals surface area contributed by atoms with E-state index in [1.807, 2.05) is 12.1 Å². The summed E-state index contributed by atoms with van der Waals surface area (Å²) >= 11 is 0. The van der Waals surface area contributed by atoms with E-state index in [9.17, 15) is 14.4 Å². The van der Waals surface area contributed by atoms with Crippen molar-refractivity contribution >= 4 is 22.6 Å². The van der Waals surface area contributed by atoms with Gasteiger partial charge in [-0.05, 0) is 37.1 Å². The fraction of sp³-hybridized carbons (Fsp3) is 0.238. The third-order valence-corrected chi connectivity index (χ3v) is 4.78. The van der Waals surface area contributed by atoms with Crippen LogP contribution >= 0.6 is 0 Å². The fourth-order valence-electron chi connectivity index (χ4n) is 3.22. The van der Waals surface area contributed by atoms with Crippen LogP contribution in [-0.2, 0) is 17.8 Å². The molecule has 0 aliphatic carbocycles. The second kappa shape index (κ2) is 8.24. The number of carbonyl (C=O) groups is 2. The van der Waals surface area contributed by atoms with Crippen LogP contribution < -0.4 is 25.9 Å². The average molecular weight is 408 g/mol. The molecule has 0 saturated heterocycles. The van der Waals surface area contributed by atoms with E-state index >= 15 is 0 Å². The molecule has 3 aromatic rings. The number of nitrogens with one attached hydrogen (secondary N) is 2. The number of aryl methyl sites for hydroxylation is 2. The number of aromatic nitrogens is 2. The summed E-state index contributed by atoms with van der Waals surface area (Å²) in [7, 11) is 0. The molecule has 1 aliphatic heterocycles. The molecule has 2 N–H and O–H groups in total. The van der Waals surface area contributed by atoms with Crippen molar-refractivity contribution in [2.45, 2.75) is 26.3 Å². The Balaban J connectivity index is 1.40. The fourth-order valence-corrected chi connectivity index (χ4v) is 3.22. The van der Waals surface area contributed by atoms with Crippen molar-refractivity contribution in [1.82, 2.24) is 20.6 Å². The molecular weight excluding hydrogens is 388 g/mol. The lowest BCUT2D eigenvalue weighted by Gasteiger charge is -2.11. The van der Waals surface area contributed by atoms with Crippen LogP contribution in [0.3, 0.4) is 0 Å². The summed E-state index contributed by atoms with van der Waals surface area (Å²) in [6.45, 7) is 2.29. The summed E-state index contributed by atoms with van der Waals surface area (Å²) in [5, 5.41) is 4.97. The van der Waals surface area contributed by atoms with E-state index in [0.29, 0.717) is 35.2 Å². The predicted octanol–water partition coefficient (Wildman–Crippen LogP) is 1.54. The first-order valence-corrected chi connectivity index (χ1v) is 9.54. The molecular formula is C21H20N4O5. The molecule has 0 radical (unpaired) electrons. The topological polar surface area (TPSA) is 112 Å². The van der Waals surface area contributed by atoms with Crippen LogP contribution in [0.25, 0.3) is 10.8 Å². The summed E-state index contributed by atoms with van der Waals surface area (Å²) in [5.41, 5.74) is 5.50. The Bertz CT molecular complexity index is 1190. The first-order chi connectivity index (χ1) is 14.6. The maximum absolute atomic E-state index is 12.6. The zero-order chi connectivity index (χ0) is 21.1. The van der Waals surface area contributed by atoms with Gasteiger partial charge in [-0.25, -0.2) is 4.68 Å². The number of fused-ring (bicyclic) bond motifs is 2. The van der Waals surface area contributed by atoms with Crippen LogP contribution in [0.1, 0.15) is 29.4 Å². The zero-order valence-electron chi connectivity index (χ0n) is 16.3. The molecule has 0 fully saturated rings. The Hall–Kier alpha value is -3.88. The van der Waals surface area contributed by atoms with Gasteiger partial charge < -0.3 is 9.47 Å². The Morgan fingerprint density at radius 2 is 1.83 bits per heavy atom. The average Bonchev–Trinajstić information content (AvgIpc) is 3.24. The highest BCUT2D eigenvalue weighted by molar-refractivity contribution is 6.05. The van der Waals surface area contributed by atoms with Crippen LogP contribution in [0, 0.1) is 0 Å². The first-order valence-electron chi connectivity index (χ1n) is 9.54. The number of nitrogens with zero attached hydrogens (tertiary/aromatic N) is 2. The zero-order valence-corrected chi connectivity index (χ0v) is 16.3. The number of hydrogen-bond acceptors (Lipinski definition) is 6. The highest BCUT2D eigenvalue weighted by Crippen LogP contribution is 2.32. The second-order valence-electron chi connectivity index (χ2n) is 6.71. The quantitative estimate of drug-likeness (QED) is 0.620. The summed E-state index contributed by atoms with van der Waals surface area (Å²) in [6, 6.07) is 12.2. The van der Waals surface area contributed by atoms with Crippen molar-refractivity contribution in [3.05, 3.63) is 64.1 Å². The van der Waals surface area contributed by atoms with Crippen LogP contribution in [0.5, 0.6) is 11.5 Å². The molecule has 154 valence electrons. The number of ether oxygens (including phenoxy) is 2. The molecule has 0 unspecified atom stereocenters. The van der Waals surface area contributed by atoms with Gasteiger partial charge in [-0.3, -0.25) is 25.2 Å². The molecule has 1 aromatic heterocycles. The third-order valence-electron chi connectivity index (χ3n) is 4.78. The van der Waals surface area contributed by atoms with E-state index in [2.05, 4.69) is 16.0 Å². The number of hydrogen-bond donors (Lipinski definition) is 2. The number of rotatable bonds is 5. The van der Waals surface area contributed by atoms with Gasteiger partial charge in [0.25, 0.3) is 11.5 Å². The maximum atomic E-state index is 12.6. The number of carbonyl (C=O) groups excluding carboxylic acids is 2. The van der Waals surface area contributed by atoms with Crippen molar-refractivity contribution < 1.29 is 19.1 Å². The molecule has 9 nitrogen and oxygen atoms in total. The molecule has 2 amide bonds. The Labute approximate surface area is 171 Å². The summed E-state index contributed by atoms with van der Waals surface area (Å²) < 4.78 is 11.8. The minimum atomic E-state index is -0.593. The number of amides is 2. The van der Waals surface area contributed by atoms with Crippen molar-refractivity contribution in [1.29, 1.82) is 0 Å². The summed E-state index contributed by atoms with van der Waals surface area (Å²) in [5.74, 6) is 0.396. The van der Waals surface area contributed by atoms with Crippen molar-refractivity contribution in [2.24, 2.45) is 0 Å². The standard InChI is InChI=1S/C21H20N4O5/c1-2-25-21(28)15-6-4-3-5-14(15)19(24-25)20(27)23-22-18(26)10-8-13-7-9-16-17(11-13)30-12-29-16/h3-7,9,11H,2,8,10,12H2,1H3,(H,22,26)(H,23,27). The van der Waals surface area contributed by atoms with E-state index in [4.69, 9.17) is 9.47 Å². The molecule has 4 rings (SSSR count). The van der Waals surface area contributed by atoms with Gasteiger partial charge in [0.05, 0.1) is 5.39 Å². The van der Waals surface area contributed by atoms with Gasteiger partial charge in [0.15, 0.2) is 17.2 Å². The lowest BCUT2D eigenvalue weighted by atomic mass is 10.1. The van der Waals surface area contributed by atoms with Crippen molar-refractivity contribution in [3.63, 3.8) is 0 Å². The first kappa shape index (κ1) is 19.4. The number of hydrazine groups is 1. The minimum Gasteiger partial charge on any atom is -0.454 e. The van der Waals surface area contributed by atoms with E-state index in [-0.39, 0.29) is 30.4 Å². The van der Waals surface area contributed by atoms with Crippen LogP contribution in [0.15, 0.2) is 47.3 Å². The molecule has 1 aliphatic rings. The highest BCUT2D eigenvalue weighted by Gasteiger charge is 2.17.